The zero-order valence-electron chi connectivity index (χ0n) is 20.4. The lowest BCUT2D eigenvalue weighted by molar-refractivity contribution is -0.149. The number of carbonyl (C=O) groups excluding carboxylic acids is 1. The van der Waals surface area contributed by atoms with Crippen LogP contribution in [0.3, 0.4) is 0 Å². The number of halogens is 2. The quantitative estimate of drug-likeness (QED) is 0.398. The second-order valence-electron chi connectivity index (χ2n) is 10.0. The number of ether oxygens (including phenoxy) is 2. The Morgan fingerprint density at radius 1 is 1.05 bits per heavy atom. The van der Waals surface area contributed by atoms with E-state index in [0.29, 0.717) is 12.2 Å². The molecule has 2 aliphatic heterocycles. The van der Waals surface area contributed by atoms with Crippen molar-refractivity contribution in [1.29, 1.82) is 0 Å². The zero-order valence-corrected chi connectivity index (χ0v) is 22.8. The van der Waals surface area contributed by atoms with Gasteiger partial charge in [0.2, 0.25) is 0 Å². The van der Waals surface area contributed by atoms with Crippen molar-refractivity contribution >= 4 is 31.9 Å². The third kappa shape index (κ3) is 5.44. The van der Waals surface area contributed by atoms with E-state index < -0.39 is 21.5 Å². The van der Waals surface area contributed by atoms with Crippen LogP contribution in [0.25, 0.3) is 0 Å². The molecule has 3 atom stereocenters. The number of hydrogen-bond acceptors (Lipinski definition) is 5. The van der Waals surface area contributed by atoms with Gasteiger partial charge >= 0.3 is 0 Å². The van der Waals surface area contributed by atoms with Crippen LogP contribution in [0.5, 0.6) is 5.75 Å². The van der Waals surface area contributed by atoms with Gasteiger partial charge in [-0.2, -0.15) is 0 Å². The Kier molecular flexibility index (Phi) is 6.89. The summed E-state index contributed by atoms with van der Waals surface area (Å²) in [6.45, 7) is 4.06. The molecular weight excluding hydrogens is 561 g/mol. The van der Waals surface area contributed by atoms with Crippen LogP contribution >= 0.6 is 15.9 Å². The molecule has 1 fully saturated rings. The number of rotatable bonds is 5. The molecule has 2 aliphatic rings. The van der Waals surface area contributed by atoms with Crippen molar-refractivity contribution in [1.82, 2.24) is 4.72 Å². The number of sulfonamides is 1. The molecule has 0 aromatic heterocycles. The highest BCUT2D eigenvalue weighted by molar-refractivity contribution is 9.10. The molecule has 3 aromatic rings. The van der Waals surface area contributed by atoms with Gasteiger partial charge in [-0.15, -0.1) is 0 Å². The van der Waals surface area contributed by atoms with E-state index in [1.54, 1.807) is 42.5 Å². The van der Waals surface area contributed by atoms with Gasteiger partial charge in [-0.1, -0.05) is 28.1 Å². The number of carbonyl (C=O) groups is 1. The molecule has 0 spiro atoms. The first-order valence-corrected chi connectivity index (χ1v) is 14.3. The molecule has 9 heteroatoms. The summed E-state index contributed by atoms with van der Waals surface area (Å²) in [5, 5.41) is 0. The van der Waals surface area contributed by atoms with Gasteiger partial charge in [-0.05, 0) is 93.3 Å². The minimum atomic E-state index is -4.04. The molecule has 0 unspecified atom stereocenters. The fourth-order valence-corrected chi connectivity index (χ4v) is 6.38. The summed E-state index contributed by atoms with van der Waals surface area (Å²) in [5.41, 5.74) is 1.43. The van der Waals surface area contributed by atoms with E-state index in [1.165, 1.54) is 24.3 Å². The zero-order chi connectivity index (χ0) is 26.4. The third-order valence-corrected chi connectivity index (χ3v) is 8.95. The van der Waals surface area contributed by atoms with Crippen molar-refractivity contribution in [2.75, 3.05) is 0 Å². The lowest BCUT2D eigenvalue weighted by atomic mass is 9.74. The fourth-order valence-electron chi connectivity index (χ4n) is 5.14. The Labute approximate surface area is 224 Å². The van der Waals surface area contributed by atoms with E-state index in [0.717, 1.165) is 28.4 Å². The highest BCUT2D eigenvalue weighted by atomic mass is 79.9. The van der Waals surface area contributed by atoms with Crippen LogP contribution < -0.4 is 9.46 Å². The number of hydrogen-bond donors (Lipinski definition) is 1. The largest absolute Gasteiger partial charge is 0.487 e. The highest BCUT2D eigenvalue weighted by Gasteiger charge is 2.47. The van der Waals surface area contributed by atoms with Gasteiger partial charge in [0.25, 0.3) is 15.9 Å². The summed E-state index contributed by atoms with van der Waals surface area (Å²) in [5.74, 6) is -0.345. The maximum Gasteiger partial charge on any atom is 0.265 e. The SMILES string of the molecule is CC1(C)Oc2ccc(C(=O)NS(=O)(=O)c3ccc(Br)cc3)cc2[C@@H]2O[C@H](Cc3ccc(F)cc3)CC[C@H]21. The van der Waals surface area contributed by atoms with Gasteiger partial charge < -0.3 is 9.47 Å². The Balaban J connectivity index is 1.40. The molecule has 3 aromatic carbocycles. The van der Waals surface area contributed by atoms with Crippen LogP contribution in [-0.4, -0.2) is 26.0 Å². The molecule has 5 rings (SSSR count). The average molecular weight is 588 g/mol. The second kappa shape index (κ2) is 9.85. The molecule has 1 saturated heterocycles. The average Bonchev–Trinajstić information content (AvgIpc) is 2.85. The van der Waals surface area contributed by atoms with E-state index in [4.69, 9.17) is 9.47 Å². The van der Waals surface area contributed by atoms with Crippen LogP contribution in [0.4, 0.5) is 4.39 Å². The van der Waals surface area contributed by atoms with E-state index in [9.17, 15) is 17.6 Å². The maximum absolute atomic E-state index is 13.3. The summed E-state index contributed by atoms with van der Waals surface area (Å²) >= 11 is 3.27. The number of benzene rings is 3. The molecule has 0 aliphatic carbocycles. The second-order valence-corrected chi connectivity index (χ2v) is 12.6. The maximum atomic E-state index is 13.3. The molecule has 2 heterocycles. The van der Waals surface area contributed by atoms with Crippen molar-refractivity contribution in [2.24, 2.45) is 5.92 Å². The summed E-state index contributed by atoms with van der Waals surface area (Å²) in [4.78, 5) is 13.0. The van der Waals surface area contributed by atoms with Crippen LogP contribution in [0, 0.1) is 11.7 Å². The van der Waals surface area contributed by atoms with E-state index in [1.807, 2.05) is 13.8 Å². The molecule has 1 N–H and O–H groups in total. The first kappa shape index (κ1) is 25.9. The van der Waals surface area contributed by atoms with E-state index in [2.05, 4.69) is 20.7 Å². The standard InChI is InChI=1S/C28H27BrFNO5S/c1-28(2)24-13-10-21(15-17-3-8-20(30)9-4-17)35-26(24)23-16-18(5-14-25(23)36-28)27(32)31-37(33,34)22-11-6-19(29)7-12-22/h3-9,11-12,14,16,21,24,26H,10,13,15H2,1-2H3,(H,31,32)/t21-,24+,26-/m0/s1. The minimum absolute atomic E-state index is 0.00796. The molecule has 0 radical (unpaired) electrons. The van der Waals surface area contributed by atoms with Crippen molar-refractivity contribution in [2.45, 2.75) is 55.8 Å². The summed E-state index contributed by atoms with van der Waals surface area (Å²) in [7, 11) is -4.04. The molecule has 0 bridgehead atoms. The van der Waals surface area contributed by atoms with Crippen molar-refractivity contribution in [3.8, 4) is 5.75 Å². The van der Waals surface area contributed by atoms with Gasteiger partial charge in [0.1, 0.15) is 17.2 Å². The van der Waals surface area contributed by atoms with Gasteiger partial charge in [0.15, 0.2) is 0 Å². The van der Waals surface area contributed by atoms with Crippen LogP contribution in [0.2, 0.25) is 0 Å². The van der Waals surface area contributed by atoms with Gasteiger partial charge in [-0.25, -0.2) is 17.5 Å². The lowest BCUT2D eigenvalue weighted by Crippen LogP contribution is -2.48. The minimum Gasteiger partial charge on any atom is -0.487 e. The fraction of sp³-hybridized carbons (Fsp3) is 0.321. The summed E-state index contributed by atoms with van der Waals surface area (Å²) < 4.78 is 54.6. The van der Waals surface area contributed by atoms with Gasteiger partial charge in [0.05, 0.1) is 17.1 Å². The lowest BCUT2D eigenvalue weighted by Gasteiger charge is -2.49. The Morgan fingerprint density at radius 2 is 1.76 bits per heavy atom. The van der Waals surface area contributed by atoms with Crippen LogP contribution in [0.15, 0.2) is 76.1 Å². The number of nitrogens with one attached hydrogen (secondary N) is 1. The first-order valence-electron chi connectivity index (χ1n) is 12.1. The number of fused-ring (bicyclic) bond motifs is 3. The normalized spacial score (nSPS) is 22.3. The van der Waals surface area contributed by atoms with E-state index in [-0.39, 0.29) is 34.4 Å². The van der Waals surface area contributed by atoms with Crippen molar-refractivity contribution in [3.63, 3.8) is 0 Å². The van der Waals surface area contributed by atoms with Gasteiger partial charge in [-0.3, -0.25) is 4.79 Å². The monoisotopic (exact) mass is 587 g/mol. The summed E-state index contributed by atoms with van der Waals surface area (Å²) in [6, 6.07) is 17.4. The third-order valence-electron chi connectivity index (χ3n) is 7.08. The van der Waals surface area contributed by atoms with Crippen LogP contribution in [0.1, 0.15) is 54.3 Å². The molecule has 1 amide bonds. The van der Waals surface area contributed by atoms with E-state index >= 15 is 0 Å². The Bertz CT molecular complexity index is 1420. The summed E-state index contributed by atoms with van der Waals surface area (Å²) in [6.07, 6.45) is 1.92. The smallest absolute Gasteiger partial charge is 0.265 e. The Hall–Kier alpha value is -2.75. The predicted octanol–water partition coefficient (Wildman–Crippen LogP) is 5.96. The van der Waals surface area contributed by atoms with Crippen molar-refractivity contribution in [3.05, 3.63) is 93.7 Å². The molecular formula is C28H27BrFNO5S. The number of amides is 1. The van der Waals surface area contributed by atoms with Crippen LogP contribution in [-0.2, 0) is 21.2 Å². The molecule has 6 nitrogen and oxygen atoms in total. The first-order chi connectivity index (χ1) is 17.5. The van der Waals surface area contributed by atoms with Gasteiger partial charge in [0, 0.05) is 21.5 Å². The Morgan fingerprint density at radius 3 is 2.46 bits per heavy atom. The predicted molar refractivity (Wildman–Crippen MR) is 140 cm³/mol. The van der Waals surface area contributed by atoms with Crippen molar-refractivity contribution < 1.29 is 27.1 Å². The molecule has 0 saturated carbocycles. The molecule has 37 heavy (non-hydrogen) atoms. The highest BCUT2D eigenvalue weighted by Crippen LogP contribution is 2.51. The topological polar surface area (TPSA) is 81.7 Å². The molecule has 194 valence electrons.